The fourth-order valence-corrected chi connectivity index (χ4v) is 3.00. The van der Waals surface area contributed by atoms with Crippen molar-refractivity contribution in [1.29, 1.82) is 0 Å². The summed E-state index contributed by atoms with van der Waals surface area (Å²) >= 11 is 0. The highest BCUT2D eigenvalue weighted by atomic mass is 16.6. The van der Waals surface area contributed by atoms with E-state index in [4.69, 9.17) is 18.9 Å². The van der Waals surface area contributed by atoms with Gasteiger partial charge in [-0.3, -0.25) is 19.2 Å². The zero-order valence-corrected chi connectivity index (χ0v) is 12.6. The van der Waals surface area contributed by atoms with Gasteiger partial charge in [-0.1, -0.05) is 0 Å². The van der Waals surface area contributed by atoms with Gasteiger partial charge in [-0.05, 0) is 6.42 Å². The molecule has 0 aromatic heterocycles. The van der Waals surface area contributed by atoms with Crippen molar-refractivity contribution in [2.45, 2.75) is 58.0 Å². The molecule has 0 N–H and O–H groups in total. The van der Waals surface area contributed by atoms with Crippen LogP contribution in [0.3, 0.4) is 0 Å². The Balaban J connectivity index is 2.30. The van der Waals surface area contributed by atoms with E-state index < -0.39 is 48.3 Å². The summed E-state index contributed by atoms with van der Waals surface area (Å²) in [5.74, 6) is -2.44. The summed E-state index contributed by atoms with van der Waals surface area (Å²) in [6.07, 6.45) is -3.04. The number of rotatable bonds is 3. The van der Waals surface area contributed by atoms with Gasteiger partial charge in [0.15, 0.2) is 12.2 Å². The largest absolute Gasteiger partial charge is 0.458 e. The third kappa shape index (κ3) is 3.55. The highest BCUT2D eigenvalue weighted by molar-refractivity contribution is 5.73. The van der Waals surface area contributed by atoms with Crippen molar-refractivity contribution in [2.24, 2.45) is 5.92 Å². The van der Waals surface area contributed by atoms with Crippen molar-refractivity contribution in [3.05, 3.63) is 0 Å². The van der Waals surface area contributed by atoms with E-state index in [1.165, 1.54) is 20.8 Å². The van der Waals surface area contributed by atoms with E-state index in [1.807, 2.05) is 0 Å². The molecule has 2 fully saturated rings. The third-order valence-electron chi connectivity index (χ3n) is 3.63. The molecule has 1 aliphatic heterocycles. The minimum Gasteiger partial charge on any atom is -0.458 e. The van der Waals surface area contributed by atoms with Crippen LogP contribution in [0.4, 0.5) is 0 Å². The van der Waals surface area contributed by atoms with E-state index in [-0.39, 0.29) is 12.3 Å². The Kier molecular flexibility index (Phi) is 4.68. The standard InChI is InChI=1S/C14H18O8/c1-6(15)19-10-4-9-5-11(18)22-12(9)14(21-8(3)17)13(10)20-7(2)16/h9-10,12-14H,4-5H2,1-3H3/t9-,10-,12+,13+,14+/m0/s1. The molecule has 0 aromatic carbocycles. The highest BCUT2D eigenvalue weighted by Crippen LogP contribution is 2.39. The lowest BCUT2D eigenvalue weighted by atomic mass is 9.80. The van der Waals surface area contributed by atoms with Crippen molar-refractivity contribution in [2.75, 3.05) is 0 Å². The number of fused-ring (bicyclic) bond motifs is 1. The molecule has 1 saturated carbocycles. The van der Waals surface area contributed by atoms with Gasteiger partial charge in [0.05, 0.1) is 6.42 Å². The van der Waals surface area contributed by atoms with Gasteiger partial charge < -0.3 is 18.9 Å². The topological polar surface area (TPSA) is 105 Å². The van der Waals surface area contributed by atoms with Crippen LogP contribution < -0.4 is 0 Å². The molecule has 22 heavy (non-hydrogen) atoms. The number of carbonyl (C=O) groups is 4. The Morgan fingerprint density at radius 1 is 0.955 bits per heavy atom. The second-order valence-electron chi connectivity index (χ2n) is 5.45. The summed E-state index contributed by atoms with van der Waals surface area (Å²) in [7, 11) is 0. The SMILES string of the molecule is CC(=O)O[C@@H]1[C@@H]2OC(=O)C[C@@H]2C[C@H](OC(C)=O)[C@H]1OC(C)=O. The molecule has 8 heteroatoms. The molecule has 0 unspecified atom stereocenters. The molecule has 1 saturated heterocycles. The quantitative estimate of drug-likeness (QED) is 0.534. The normalized spacial score (nSPS) is 33.4. The molecule has 5 atom stereocenters. The van der Waals surface area contributed by atoms with Gasteiger partial charge in [0.2, 0.25) is 0 Å². The van der Waals surface area contributed by atoms with Gasteiger partial charge in [0.1, 0.15) is 12.2 Å². The second-order valence-corrected chi connectivity index (χ2v) is 5.45. The lowest BCUT2D eigenvalue weighted by Crippen LogP contribution is -2.56. The summed E-state index contributed by atoms with van der Waals surface area (Å²) in [6.45, 7) is 3.63. The van der Waals surface area contributed by atoms with E-state index in [1.54, 1.807) is 0 Å². The molecule has 1 heterocycles. The molecule has 2 rings (SSSR count). The maximum absolute atomic E-state index is 11.5. The van der Waals surface area contributed by atoms with Crippen LogP contribution in [0.15, 0.2) is 0 Å². The lowest BCUT2D eigenvalue weighted by Gasteiger charge is -2.40. The first-order valence-electron chi connectivity index (χ1n) is 6.99. The minimum atomic E-state index is -1.00. The molecule has 0 radical (unpaired) electrons. The molecule has 0 bridgehead atoms. The Morgan fingerprint density at radius 3 is 2.05 bits per heavy atom. The van der Waals surface area contributed by atoms with Crippen LogP contribution in [0.5, 0.6) is 0 Å². The molecular formula is C14H18O8. The Labute approximate surface area is 127 Å². The average Bonchev–Trinajstić information content (AvgIpc) is 2.72. The molecule has 0 aromatic rings. The molecule has 0 amide bonds. The van der Waals surface area contributed by atoms with Crippen LogP contribution in [0.25, 0.3) is 0 Å². The van der Waals surface area contributed by atoms with Crippen LogP contribution >= 0.6 is 0 Å². The minimum absolute atomic E-state index is 0.146. The smallest absolute Gasteiger partial charge is 0.306 e. The van der Waals surface area contributed by atoms with E-state index >= 15 is 0 Å². The molecular weight excluding hydrogens is 296 g/mol. The summed E-state index contributed by atoms with van der Waals surface area (Å²) in [4.78, 5) is 45.4. The van der Waals surface area contributed by atoms with E-state index in [2.05, 4.69) is 0 Å². The zero-order chi connectivity index (χ0) is 16.4. The summed E-state index contributed by atoms with van der Waals surface area (Å²) in [6, 6.07) is 0. The number of esters is 4. The van der Waals surface area contributed by atoms with Gasteiger partial charge in [-0.2, -0.15) is 0 Å². The predicted octanol–water partition coefficient (Wildman–Crippen LogP) is 0.117. The number of hydrogen-bond donors (Lipinski definition) is 0. The third-order valence-corrected chi connectivity index (χ3v) is 3.63. The molecule has 1 aliphatic carbocycles. The average molecular weight is 314 g/mol. The predicted molar refractivity (Wildman–Crippen MR) is 69.3 cm³/mol. The Hall–Kier alpha value is -2.12. The molecule has 2 aliphatic rings. The van der Waals surface area contributed by atoms with Gasteiger partial charge >= 0.3 is 23.9 Å². The van der Waals surface area contributed by atoms with Gasteiger partial charge in [0, 0.05) is 26.7 Å². The summed E-state index contributed by atoms with van der Waals surface area (Å²) in [5, 5.41) is 0. The van der Waals surface area contributed by atoms with Crippen molar-refractivity contribution in [3.8, 4) is 0 Å². The summed E-state index contributed by atoms with van der Waals surface area (Å²) in [5.41, 5.74) is 0. The molecule has 8 nitrogen and oxygen atoms in total. The maximum atomic E-state index is 11.5. The van der Waals surface area contributed by atoms with E-state index in [0.29, 0.717) is 6.42 Å². The van der Waals surface area contributed by atoms with E-state index in [9.17, 15) is 19.2 Å². The second kappa shape index (κ2) is 6.33. The Bertz CT molecular complexity index is 499. The van der Waals surface area contributed by atoms with Crippen molar-refractivity contribution >= 4 is 23.9 Å². The number of hydrogen-bond acceptors (Lipinski definition) is 8. The van der Waals surface area contributed by atoms with Crippen molar-refractivity contribution < 1.29 is 38.1 Å². The fraction of sp³-hybridized carbons (Fsp3) is 0.714. The summed E-state index contributed by atoms with van der Waals surface area (Å²) < 4.78 is 20.8. The first-order valence-corrected chi connectivity index (χ1v) is 6.99. The van der Waals surface area contributed by atoms with E-state index in [0.717, 1.165) is 0 Å². The zero-order valence-electron chi connectivity index (χ0n) is 12.6. The monoisotopic (exact) mass is 314 g/mol. The van der Waals surface area contributed by atoms with Crippen LogP contribution in [-0.4, -0.2) is 48.3 Å². The van der Waals surface area contributed by atoms with Crippen LogP contribution in [0.1, 0.15) is 33.6 Å². The van der Waals surface area contributed by atoms with Crippen LogP contribution in [0, 0.1) is 5.92 Å². The number of carbonyl (C=O) groups excluding carboxylic acids is 4. The molecule has 0 spiro atoms. The first kappa shape index (κ1) is 16.3. The van der Waals surface area contributed by atoms with Gasteiger partial charge in [-0.25, -0.2) is 0 Å². The fourth-order valence-electron chi connectivity index (χ4n) is 3.00. The number of ether oxygens (including phenoxy) is 4. The van der Waals surface area contributed by atoms with Gasteiger partial charge in [0.25, 0.3) is 0 Å². The first-order chi connectivity index (χ1) is 10.3. The van der Waals surface area contributed by atoms with Gasteiger partial charge in [-0.15, -0.1) is 0 Å². The maximum Gasteiger partial charge on any atom is 0.306 e. The lowest BCUT2D eigenvalue weighted by molar-refractivity contribution is -0.208. The van der Waals surface area contributed by atoms with Crippen molar-refractivity contribution in [3.63, 3.8) is 0 Å². The highest BCUT2D eigenvalue weighted by Gasteiger charge is 2.55. The van der Waals surface area contributed by atoms with Crippen LogP contribution in [-0.2, 0) is 38.1 Å². The van der Waals surface area contributed by atoms with Crippen LogP contribution in [0.2, 0.25) is 0 Å². The molecule has 122 valence electrons. The Morgan fingerprint density at radius 2 is 1.50 bits per heavy atom. The van der Waals surface area contributed by atoms with Crippen molar-refractivity contribution in [1.82, 2.24) is 0 Å².